The number of aliphatic hydroxyl groups excluding tert-OH is 2. The average Bonchev–Trinajstić information content (AvgIpc) is 2.65. The van der Waals surface area contributed by atoms with Crippen LogP contribution >= 0.6 is 0 Å². The molecule has 1 heterocycles. The second-order valence-electron chi connectivity index (χ2n) is 3.92. The van der Waals surface area contributed by atoms with Gasteiger partial charge in [-0.15, -0.1) is 0 Å². The monoisotopic (exact) mass is 202 g/mol. The number of nitrogens with one attached hydrogen (secondary N) is 1. The molecule has 4 heteroatoms. The number of nitrogens with zero attached hydrogens (tertiary/aromatic N) is 1. The molecule has 3 N–H and O–H groups in total. The van der Waals surface area contributed by atoms with Crippen LogP contribution in [0.5, 0.6) is 0 Å². The van der Waals surface area contributed by atoms with Crippen LogP contribution in [0.4, 0.5) is 0 Å². The van der Waals surface area contributed by atoms with Crippen molar-refractivity contribution in [3.8, 4) is 0 Å². The predicted molar refractivity (Wildman–Crippen MR) is 56.2 cm³/mol. The Balaban J connectivity index is 2.11. The quantitative estimate of drug-likeness (QED) is 0.539. The molecule has 0 saturated carbocycles. The number of hydrogen-bond donors (Lipinski definition) is 3. The molecule has 0 aromatic rings. The van der Waals surface area contributed by atoms with E-state index in [9.17, 15) is 0 Å². The molecule has 0 aliphatic carbocycles. The van der Waals surface area contributed by atoms with Crippen LogP contribution in [-0.2, 0) is 0 Å². The van der Waals surface area contributed by atoms with Crippen molar-refractivity contribution in [3.63, 3.8) is 0 Å². The Hall–Kier alpha value is -0.160. The van der Waals surface area contributed by atoms with Gasteiger partial charge in [-0.25, -0.2) is 0 Å². The molecule has 0 radical (unpaired) electrons. The van der Waals surface area contributed by atoms with Gasteiger partial charge in [0.25, 0.3) is 0 Å². The fraction of sp³-hybridized carbons (Fsp3) is 1.00. The summed E-state index contributed by atoms with van der Waals surface area (Å²) in [5.74, 6) is 0. The molecule has 1 saturated heterocycles. The second kappa shape index (κ2) is 6.35. The minimum absolute atomic E-state index is 0.158. The van der Waals surface area contributed by atoms with Crippen LogP contribution in [0.1, 0.15) is 19.8 Å². The third-order valence-corrected chi connectivity index (χ3v) is 2.88. The van der Waals surface area contributed by atoms with E-state index in [1.165, 1.54) is 19.4 Å². The van der Waals surface area contributed by atoms with E-state index in [1.54, 1.807) is 0 Å². The lowest BCUT2D eigenvalue weighted by molar-refractivity contribution is 0.0927. The molecule has 2 atom stereocenters. The third kappa shape index (κ3) is 3.53. The first-order chi connectivity index (χ1) is 6.77. The van der Waals surface area contributed by atoms with Crippen molar-refractivity contribution in [2.45, 2.75) is 31.9 Å². The maximum absolute atomic E-state index is 9.13. The Labute approximate surface area is 85.9 Å². The van der Waals surface area contributed by atoms with Crippen LogP contribution in [0.2, 0.25) is 0 Å². The van der Waals surface area contributed by atoms with Gasteiger partial charge in [0.15, 0.2) is 0 Å². The topological polar surface area (TPSA) is 55.7 Å². The van der Waals surface area contributed by atoms with Crippen LogP contribution in [0, 0.1) is 0 Å². The summed E-state index contributed by atoms with van der Waals surface area (Å²) in [4.78, 5) is 2.46. The lowest BCUT2D eigenvalue weighted by Crippen LogP contribution is -2.40. The van der Waals surface area contributed by atoms with Gasteiger partial charge in [0.05, 0.1) is 12.7 Å². The average molecular weight is 202 g/mol. The first-order valence-electron chi connectivity index (χ1n) is 5.51. The largest absolute Gasteiger partial charge is 0.394 e. The molecule has 1 aliphatic heterocycles. The molecular weight excluding hydrogens is 180 g/mol. The molecule has 14 heavy (non-hydrogen) atoms. The Bertz CT molecular complexity index is 155. The molecule has 4 nitrogen and oxygen atoms in total. The Kier molecular flexibility index (Phi) is 5.40. The summed E-state index contributed by atoms with van der Waals surface area (Å²) in [6.45, 7) is 5.74. The summed E-state index contributed by atoms with van der Waals surface area (Å²) in [6.07, 6.45) is 1.91. The van der Waals surface area contributed by atoms with Crippen LogP contribution in [0.3, 0.4) is 0 Å². The highest BCUT2D eigenvalue weighted by Gasteiger charge is 2.22. The molecular formula is C10H22N2O2. The summed E-state index contributed by atoms with van der Waals surface area (Å²) in [5, 5.41) is 20.9. The summed E-state index contributed by atoms with van der Waals surface area (Å²) >= 11 is 0. The smallest absolute Gasteiger partial charge is 0.0894 e. The summed E-state index contributed by atoms with van der Waals surface area (Å²) in [5.41, 5.74) is 0. The van der Waals surface area contributed by atoms with Crippen molar-refractivity contribution >= 4 is 0 Å². The van der Waals surface area contributed by atoms with Gasteiger partial charge in [0.1, 0.15) is 0 Å². The Morgan fingerprint density at radius 2 is 2.36 bits per heavy atom. The van der Waals surface area contributed by atoms with Gasteiger partial charge < -0.3 is 15.5 Å². The maximum atomic E-state index is 9.13. The summed E-state index contributed by atoms with van der Waals surface area (Å²) < 4.78 is 0. The molecule has 0 amide bonds. The van der Waals surface area contributed by atoms with E-state index in [4.69, 9.17) is 10.2 Å². The summed E-state index contributed by atoms with van der Waals surface area (Å²) in [7, 11) is 0. The number of likely N-dealkylation sites (tertiary alicyclic amines) is 1. The second-order valence-corrected chi connectivity index (χ2v) is 3.92. The Morgan fingerprint density at radius 3 is 3.00 bits per heavy atom. The van der Waals surface area contributed by atoms with Crippen molar-refractivity contribution in [2.24, 2.45) is 0 Å². The molecule has 1 unspecified atom stereocenters. The van der Waals surface area contributed by atoms with Gasteiger partial charge in [-0.05, 0) is 25.9 Å². The van der Waals surface area contributed by atoms with E-state index < -0.39 is 6.10 Å². The minimum Gasteiger partial charge on any atom is -0.394 e. The zero-order chi connectivity index (χ0) is 10.4. The fourth-order valence-electron chi connectivity index (χ4n) is 2.02. The third-order valence-electron chi connectivity index (χ3n) is 2.88. The molecule has 84 valence electrons. The van der Waals surface area contributed by atoms with E-state index >= 15 is 0 Å². The Morgan fingerprint density at radius 1 is 1.57 bits per heavy atom. The van der Waals surface area contributed by atoms with E-state index in [0.29, 0.717) is 12.6 Å². The van der Waals surface area contributed by atoms with Crippen LogP contribution in [0.15, 0.2) is 0 Å². The van der Waals surface area contributed by atoms with Crippen molar-refractivity contribution in [1.29, 1.82) is 0 Å². The molecule has 0 aromatic heterocycles. The zero-order valence-corrected chi connectivity index (χ0v) is 8.95. The normalized spacial score (nSPS) is 25.5. The maximum Gasteiger partial charge on any atom is 0.0894 e. The fourth-order valence-corrected chi connectivity index (χ4v) is 2.02. The van der Waals surface area contributed by atoms with Crippen LogP contribution < -0.4 is 5.32 Å². The first-order valence-corrected chi connectivity index (χ1v) is 5.51. The van der Waals surface area contributed by atoms with Gasteiger partial charge in [-0.3, -0.25) is 4.90 Å². The van der Waals surface area contributed by atoms with E-state index in [2.05, 4.69) is 17.1 Å². The number of rotatable bonds is 6. The van der Waals surface area contributed by atoms with Crippen molar-refractivity contribution in [1.82, 2.24) is 10.2 Å². The highest BCUT2D eigenvalue weighted by Crippen LogP contribution is 2.15. The predicted octanol–water partition coefficient (Wildman–Crippen LogP) is -0.586. The van der Waals surface area contributed by atoms with Crippen molar-refractivity contribution < 1.29 is 10.2 Å². The van der Waals surface area contributed by atoms with Gasteiger partial charge in [0.2, 0.25) is 0 Å². The molecule has 0 spiro atoms. The lowest BCUT2D eigenvalue weighted by Gasteiger charge is -2.23. The minimum atomic E-state index is -0.619. The van der Waals surface area contributed by atoms with E-state index in [-0.39, 0.29) is 6.61 Å². The number of likely N-dealkylation sites (N-methyl/N-ethyl adjacent to an activating group) is 1. The number of aliphatic hydroxyl groups is 2. The van der Waals surface area contributed by atoms with Gasteiger partial charge in [0, 0.05) is 19.1 Å². The SMILES string of the molecule is CCN1CCCC1CNC[C@H](O)CO. The standard InChI is InChI=1S/C10H22N2O2/c1-2-12-5-3-4-9(12)6-11-7-10(14)8-13/h9-11,13-14H,2-8H2,1H3/t9?,10-/m0/s1. The van der Waals surface area contributed by atoms with Crippen LogP contribution in [0.25, 0.3) is 0 Å². The zero-order valence-electron chi connectivity index (χ0n) is 8.95. The van der Waals surface area contributed by atoms with E-state index in [1.807, 2.05) is 0 Å². The molecule has 1 fully saturated rings. The highest BCUT2D eigenvalue weighted by molar-refractivity contribution is 4.80. The molecule has 1 rings (SSSR count). The molecule has 0 aromatic carbocycles. The van der Waals surface area contributed by atoms with Gasteiger partial charge >= 0.3 is 0 Å². The van der Waals surface area contributed by atoms with Gasteiger partial charge in [-0.1, -0.05) is 6.92 Å². The van der Waals surface area contributed by atoms with E-state index in [0.717, 1.165) is 13.1 Å². The van der Waals surface area contributed by atoms with Crippen LogP contribution in [-0.4, -0.2) is 60.0 Å². The summed E-state index contributed by atoms with van der Waals surface area (Å²) in [6, 6.07) is 0.617. The number of hydrogen-bond acceptors (Lipinski definition) is 4. The molecule has 0 bridgehead atoms. The molecule has 1 aliphatic rings. The first kappa shape index (κ1) is 11.9. The van der Waals surface area contributed by atoms with Crippen molar-refractivity contribution in [2.75, 3.05) is 32.8 Å². The highest BCUT2D eigenvalue weighted by atomic mass is 16.3. The lowest BCUT2D eigenvalue weighted by atomic mass is 10.2. The van der Waals surface area contributed by atoms with Crippen molar-refractivity contribution in [3.05, 3.63) is 0 Å². The van der Waals surface area contributed by atoms with Gasteiger partial charge in [-0.2, -0.15) is 0 Å².